The van der Waals surface area contributed by atoms with Crippen molar-refractivity contribution < 1.29 is 23.5 Å². The zero-order valence-electron chi connectivity index (χ0n) is 13.4. The van der Waals surface area contributed by atoms with Gasteiger partial charge in [0.05, 0.1) is 6.61 Å². The predicted octanol–water partition coefficient (Wildman–Crippen LogP) is 4.40. The topological polar surface area (TPSA) is 65.7 Å². The van der Waals surface area contributed by atoms with Crippen LogP contribution in [0.5, 0.6) is 5.75 Å². The first-order valence-corrected chi connectivity index (χ1v) is 8.15. The largest absolute Gasteiger partial charge is 0.493 e. The number of hydrogen-bond donors (Lipinski definition) is 0. The van der Waals surface area contributed by atoms with Crippen molar-refractivity contribution in [2.75, 3.05) is 6.61 Å². The van der Waals surface area contributed by atoms with Crippen molar-refractivity contribution in [2.24, 2.45) is 0 Å². The van der Waals surface area contributed by atoms with E-state index in [2.05, 4.69) is 15.9 Å². The minimum atomic E-state index is -0.516. The number of Topliss-reactive ketones (excluding diaryl/α,β-unsaturated/α-hetero) is 1. The van der Waals surface area contributed by atoms with Crippen LogP contribution in [-0.2, 0) is 16.1 Å². The fourth-order valence-corrected chi connectivity index (χ4v) is 2.29. The molecule has 24 heavy (non-hydrogen) atoms. The Bertz CT molecular complexity index is 761. The Morgan fingerprint density at radius 1 is 1.25 bits per heavy atom. The molecule has 1 aromatic carbocycles. The molecule has 6 heteroatoms. The van der Waals surface area contributed by atoms with Gasteiger partial charge in [-0.05, 0) is 66.2 Å². The lowest BCUT2D eigenvalue weighted by atomic mass is 10.1. The van der Waals surface area contributed by atoms with Gasteiger partial charge in [-0.3, -0.25) is 4.79 Å². The van der Waals surface area contributed by atoms with Gasteiger partial charge in [-0.25, -0.2) is 4.79 Å². The lowest BCUT2D eigenvalue weighted by Crippen LogP contribution is -2.05. The van der Waals surface area contributed by atoms with Crippen molar-refractivity contribution >= 4 is 33.8 Å². The van der Waals surface area contributed by atoms with Crippen LogP contribution in [0.25, 0.3) is 6.08 Å². The Labute approximate surface area is 148 Å². The molecule has 1 aromatic heterocycles. The second kappa shape index (κ2) is 8.49. The zero-order valence-corrected chi connectivity index (χ0v) is 15.0. The van der Waals surface area contributed by atoms with E-state index < -0.39 is 5.97 Å². The number of carbonyl (C=O) groups excluding carboxylic acids is 2. The SMILES string of the molecule is CCOc1ccc(C(C)=O)cc1COC(=O)C=Cc1ccc(Br)o1. The summed E-state index contributed by atoms with van der Waals surface area (Å²) in [5.41, 5.74) is 1.19. The van der Waals surface area contributed by atoms with Gasteiger partial charge in [-0.2, -0.15) is 0 Å². The maximum absolute atomic E-state index is 11.8. The van der Waals surface area contributed by atoms with E-state index in [0.717, 1.165) is 0 Å². The van der Waals surface area contributed by atoms with Crippen LogP contribution in [0, 0.1) is 0 Å². The van der Waals surface area contributed by atoms with Crippen molar-refractivity contribution in [3.05, 3.63) is 58.0 Å². The van der Waals surface area contributed by atoms with Crippen LogP contribution >= 0.6 is 15.9 Å². The van der Waals surface area contributed by atoms with E-state index in [1.807, 2.05) is 6.92 Å². The first-order chi connectivity index (χ1) is 11.5. The van der Waals surface area contributed by atoms with E-state index >= 15 is 0 Å². The standard InChI is InChI=1S/C18H17BrO5/c1-3-22-16-7-4-13(12(2)20)10-14(16)11-23-18(21)9-6-15-5-8-17(19)24-15/h4-10H,3,11H2,1-2H3. The second-order valence-corrected chi connectivity index (χ2v) is 5.68. The summed E-state index contributed by atoms with van der Waals surface area (Å²) in [5.74, 6) is 0.550. The number of benzene rings is 1. The highest BCUT2D eigenvalue weighted by Crippen LogP contribution is 2.22. The molecule has 0 amide bonds. The number of halogens is 1. The van der Waals surface area contributed by atoms with Gasteiger partial charge in [0, 0.05) is 17.2 Å². The van der Waals surface area contributed by atoms with Crippen LogP contribution in [0.4, 0.5) is 0 Å². The quantitative estimate of drug-likeness (QED) is 0.396. The van der Waals surface area contributed by atoms with Crippen LogP contribution in [-0.4, -0.2) is 18.4 Å². The molecular weight excluding hydrogens is 376 g/mol. The number of ether oxygens (including phenoxy) is 2. The first kappa shape index (κ1) is 18.0. The molecule has 0 radical (unpaired) electrons. The molecule has 0 fully saturated rings. The molecule has 0 aliphatic heterocycles. The summed E-state index contributed by atoms with van der Waals surface area (Å²) >= 11 is 3.18. The highest BCUT2D eigenvalue weighted by Gasteiger charge is 2.10. The summed E-state index contributed by atoms with van der Waals surface area (Å²) in [7, 11) is 0. The Morgan fingerprint density at radius 3 is 2.67 bits per heavy atom. The van der Waals surface area contributed by atoms with Crippen LogP contribution < -0.4 is 4.74 Å². The number of rotatable bonds is 7. The van der Waals surface area contributed by atoms with Crippen molar-refractivity contribution in [1.29, 1.82) is 0 Å². The third kappa shape index (κ3) is 5.09. The van der Waals surface area contributed by atoms with Crippen LogP contribution in [0.2, 0.25) is 0 Å². The Kier molecular flexibility index (Phi) is 6.37. The second-order valence-electron chi connectivity index (χ2n) is 4.89. The van der Waals surface area contributed by atoms with Crippen molar-refractivity contribution in [3.8, 4) is 5.75 Å². The molecule has 0 atom stereocenters. The minimum Gasteiger partial charge on any atom is -0.493 e. The van der Waals surface area contributed by atoms with Gasteiger partial charge in [0.2, 0.25) is 0 Å². The van der Waals surface area contributed by atoms with Gasteiger partial charge in [0.1, 0.15) is 18.1 Å². The van der Waals surface area contributed by atoms with Gasteiger partial charge < -0.3 is 13.9 Å². The number of esters is 1. The van der Waals surface area contributed by atoms with Crippen molar-refractivity contribution in [3.63, 3.8) is 0 Å². The predicted molar refractivity (Wildman–Crippen MR) is 92.9 cm³/mol. The monoisotopic (exact) mass is 392 g/mol. The summed E-state index contributed by atoms with van der Waals surface area (Å²) in [5, 5.41) is 0. The van der Waals surface area contributed by atoms with Gasteiger partial charge in [0.15, 0.2) is 10.5 Å². The van der Waals surface area contributed by atoms with Gasteiger partial charge in [-0.15, -0.1) is 0 Å². The van der Waals surface area contributed by atoms with Crippen molar-refractivity contribution in [2.45, 2.75) is 20.5 Å². The van der Waals surface area contributed by atoms with E-state index in [-0.39, 0.29) is 12.4 Å². The van der Waals surface area contributed by atoms with E-state index in [1.54, 1.807) is 30.3 Å². The average Bonchev–Trinajstić information content (AvgIpc) is 2.97. The molecule has 0 unspecified atom stereocenters. The van der Waals surface area contributed by atoms with Gasteiger partial charge in [0.25, 0.3) is 0 Å². The summed E-state index contributed by atoms with van der Waals surface area (Å²) in [6, 6.07) is 8.52. The third-order valence-corrected chi connectivity index (χ3v) is 3.54. The molecule has 0 saturated carbocycles. The molecule has 5 nitrogen and oxygen atoms in total. The van der Waals surface area contributed by atoms with E-state index in [4.69, 9.17) is 13.9 Å². The Hall–Kier alpha value is -2.34. The van der Waals surface area contributed by atoms with Crippen molar-refractivity contribution in [1.82, 2.24) is 0 Å². The first-order valence-electron chi connectivity index (χ1n) is 7.36. The maximum Gasteiger partial charge on any atom is 0.331 e. The number of carbonyl (C=O) groups is 2. The molecule has 1 heterocycles. The van der Waals surface area contributed by atoms with E-state index in [9.17, 15) is 9.59 Å². The highest BCUT2D eigenvalue weighted by molar-refractivity contribution is 9.10. The molecule has 0 aliphatic carbocycles. The van der Waals surface area contributed by atoms with Crippen LogP contribution in [0.1, 0.15) is 35.5 Å². The average molecular weight is 393 g/mol. The summed E-state index contributed by atoms with van der Waals surface area (Å²) in [6.07, 6.45) is 2.79. The minimum absolute atomic E-state index is 0.0154. The fourth-order valence-electron chi connectivity index (χ4n) is 1.97. The molecule has 0 N–H and O–H groups in total. The Balaban J connectivity index is 2.03. The van der Waals surface area contributed by atoms with Crippen LogP contribution in [0.15, 0.2) is 45.5 Å². The molecular formula is C18H17BrO5. The fraction of sp³-hybridized carbons (Fsp3) is 0.222. The highest BCUT2D eigenvalue weighted by atomic mass is 79.9. The summed E-state index contributed by atoms with van der Waals surface area (Å²) < 4.78 is 16.5. The van der Waals surface area contributed by atoms with Crippen LogP contribution in [0.3, 0.4) is 0 Å². The number of ketones is 1. The molecule has 0 spiro atoms. The zero-order chi connectivity index (χ0) is 17.5. The van der Waals surface area contributed by atoms with Gasteiger partial charge >= 0.3 is 5.97 Å². The Morgan fingerprint density at radius 2 is 2.04 bits per heavy atom. The van der Waals surface area contributed by atoms with Gasteiger partial charge in [-0.1, -0.05) is 0 Å². The molecule has 126 valence electrons. The third-order valence-electron chi connectivity index (χ3n) is 3.11. The summed E-state index contributed by atoms with van der Waals surface area (Å²) in [4.78, 5) is 23.3. The van der Waals surface area contributed by atoms with E-state index in [1.165, 1.54) is 19.1 Å². The smallest absolute Gasteiger partial charge is 0.331 e. The summed E-state index contributed by atoms with van der Waals surface area (Å²) in [6.45, 7) is 3.84. The molecule has 2 rings (SSSR count). The number of hydrogen-bond acceptors (Lipinski definition) is 5. The number of furan rings is 1. The normalized spacial score (nSPS) is 10.8. The maximum atomic E-state index is 11.8. The molecule has 0 saturated heterocycles. The lowest BCUT2D eigenvalue weighted by molar-refractivity contribution is -0.138. The molecule has 0 bridgehead atoms. The lowest BCUT2D eigenvalue weighted by Gasteiger charge is -2.11. The molecule has 0 aliphatic rings. The molecule has 2 aromatic rings. The van der Waals surface area contributed by atoms with E-state index in [0.29, 0.717) is 33.9 Å².